The van der Waals surface area contributed by atoms with Gasteiger partial charge in [0.2, 0.25) is 5.56 Å². The van der Waals surface area contributed by atoms with Gasteiger partial charge in [0.1, 0.15) is 0 Å². The fourth-order valence-electron chi connectivity index (χ4n) is 2.70. The summed E-state index contributed by atoms with van der Waals surface area (Å²) in [6.45, 7) is 3.67. The number of aromatic nitrogens is 1. The highest BCUT2D eigenvalue weighted by atomic mass is 16.5. The summed E-state index contributed by atoms with van der Waals surface area (Å²) in [5, 5.41) is 3.60. The molecule has 5 heteroatoms. The highest BCUT2D eigenvalue weighted by Gasteiger charge is 2.20. The van der Waals surface area contributed by atoms with Gasteiger partial charge < -0.3 is 19.9 Å². The van der Waals surface area contributed by atoms with Crippen molar-refractivity contribution in [2.24, 2.45) is 0 Å². The van der Waals surface area contributed by atoms with Crippen molar-refractivity contribution in [1.29, 1.82) is 0 Å². The molecule has 0 amide bonds. The Labute approximate surface area is 120 Å². The van der Waals surface area contributed by atoms with Gasteiger partial charge in [0.15, 0.2) is 0 Å². The summed E-state index contributed by atoms with van der Waals surface area (Å²) in [6.07, 6.45) is 3.25. The Morgan fingerprint density at radius 1 is 1.45 bits per heavy atom. The van der Waals surface area contributed by atoms with E-state index >= 15 is 0 Å². The van der Waals surface area contributed by atoms with E-state index in [0.717, 1.165) is 51.2 Å². The van der Waals surface area contributed by atoms with Crippen LogP contribution in [0.25, 0.3) is 0 Å². The Morgan fingerprint density at radius 2 is 2.30 bits per heavy atom. The Morgan fingerprint density at radius 3 is 3.10 bits per heavy atom. The highest BCUT2D eigenvalue weighted by Crippen LogP contribution is 2.27. The number of nitrogens with one attached hydrogen (secondary N) is 2. The van der Waals surface area contributed by atoms with Crippen LogP contribution in [0.4, 0.5) is 0 Å². The first kappa shape index (κ1) is 15.2. The minimum atomic E-state index is 0.00342. The molecule has 1 heterocycles. The molecule has 2 rings (SSSR count). The molecule has 5 nitrogen and oxygen atoms in total. The molecule has 0 spiro atoms. The lowest BCUT2D eigenvalue weighted by Crippen LogP contribution is -2.34. The van der Waals surface area contributed by atoms with Crippen LogP contribution in [-0.4, -0.2) is 50.3 Å². The first-order chi connectivity index (χ1) is 9.70. The van der Waals surface area contributed by atoms with Crippen LogP contribution in [-0.2, 0) is 11.2 Å². The van der Waals surface area contributed by atoms with Crippen LogP contribution >= 0.6 is 0 Å². The lowest BCUT2D eigenvalue weighted by atomic mass is 9.91. The zero-order valence-corrected chi connectivity index (χ0v) is 12.4. The molecule has 1 aliphatic carbocycles. The van der Waals surface area contributed by atoms with Gasteiger partial charge in [0, 0.05) is 44.5 Å². The van der Waals surface area contributed by atoms with E-state index in [1.54, 1.807) is 13.2 Å². The standard InChI is InChI=1S/C15H25N3O2/c1-18(10-11-20-2)9-8-16-13-4-3-5-14-12(13)6-7-15(19)17-14/h6-7,13,16H,3-5,8-11H2,1-2H3,(H,17,19). The SMILES string of the molecule is COCCN(C)CCNC1CCCc2[nH]c(=O)ccc21. The fraction of sp³-hybridized carbons (Fsp3) is 0.667. The van der Waals surface area contributed by atoms with Gasteiger partial charge in [0.25, 0.3) is 0 Å². The van der Waals surface area contributed by atoms with Gasteiger partial charge in [-0.1, -0.05) is 6.07 Å². The number of nitrogens with zero attached hydrogens (tertiary/aromatic N) is 1. The van der Waals surface area contributed by atoms with E-state index in [1.807, 2.05) is 6.07 Å². The summed E-state index contributed by atoms with van der Waals surface area (Å²) < 4.78 is 5.07. The number of aryl methyl sites for hydroxylation is 1. The summed E-state index contributed by atoms with van der Waals surface area (Å²) >= 11 is 0. The predicted octanol–water partition coefficient (Wildman–Crippen LogP) is 0.920. The van der Waals surface area contributed by atoms with Crippen LogP contribution < -0.4 is 10.9 Å². The quantitative estimate of drug-likeness (QED) is 0.779. The van der Waals surface area contributed by atoms with E-state index < -0.39 is 0 Å². The van der Waals surface area contributed by atoms with Crippen LogP contribution in [0.15, 0.2) is 16.9 Å². The number of likely N-dealkylation sites (N-methyl/N-ethyl adjacent to an activating group) is 1. The number of hydrogen-bond acceptors (Lipinski definition) is 4. The zero-order chi connectivity index (χ0) is 14.4. The summed E-state index contributed by atoms with van der Waals surface area (Å²) in [7, 11) is 3.83. The topological polar surface area (TPSA) is 57.4 Å². The Balaban J connectivity index is 1.84. The molecule has 0 saturated heterocycles. The molecule has 1 aromatic heterocycles. The summed E-state index contributed by atoms with van der Waals surface area (Å²) in [5.41, 5.74) is 2.37. The smallest absolute Gasteiger partial charge is 0.248 e. The second kappa shape index (κ2) is 7.57. The second-order valence-corrected chi connectivity index (χ2v) is 5.45. The maximum atomic E-state index is 11.4. The summed E-state index contributed by atoms with van der Waals surface area (Å²) in [4.78, 5) is 16.6. The van der Waals surface area contributed by atoms with Gasteiger partial charge in [-0.3, -0.25) is 4.79 Å². The van der Waals surface area contributed by atoms with E-state index in [0.29, 0.717) is 6.04 Å². The molecule has 112 valence electrons. The lowest BCUT2D eigenvalue weighted by Gasteiger charge is -2.27. The monoisotopic (exact) mass is 279 g/mol. The minimum Gasteiger partial charge on any atom is -0.383 e. The van der Waals surface area contributed by atoms with Crippen LogP contribution in [0.1, 0.15) is 30.1 Å². The van der Waals surface area contributed by atoms with Crippen molar-refractivity contribution in [1.82, 2.24) is 15.2 Å². The van der Waals surface area contributed by atoms with E-state index in [9.17, 15) is 4.79 Å². The number of H-pyrrole nitrogens is 1. The van der Waals surface area contributed by atoms with Crippen molar-refractivity contribution >= 4 is 0 Å². The molecular formula is C15H25N3O2. The van der Waals surface area contributed by atoms with E-state index in [4.69, 9.17) is 4.74 Å². The third-order valence-electron chi connectivity index (χ3n) is 3.89. The predicted molar refractivity (Wildman–Crippen MR) is 80.1 cm³/mol. The van der Waals surface area contributed by atoms with Gasteiger partial charge >= 0.3 is 0 Å². The van der Waals surface area contributed by atoms with Gasteiger partial charge in [-0.05, 0) is 31.9 Å². The molecular weight excluding hydrogens is 254 g/mol. The van der Waals surface area contributed by atoms with Gasteiger partial charge in [-0.25, -0.2) is 0 Å². The van der Waals surface area contributed by atoms with Crippen molar-refractivity contribution < 1.29 is 4.74 Å². The second-order valence-electron chi connectivity index (χ2n) is 5.45. The Bertz CT molecular complexity index is 472. The van der Waals surface area contributed by atoms with Crippen molar-refractivity contribution in [2.45, 2.75) is 25.3 Å². The number of pyridine rings is 1. The molecule has 1 atom stereocenters. The molecule has 0 saturated carbocycles. The fourth-order valence-corrected chi connectivity index (χ4v) is 2.70. The molecule has 0 fully saturated rings. The normalized spacial score (nSPS) is 18.2. The summed E-state index contributed by atoms with van der Waals surface area (Å²) in [5.74, 6) is 0. The zero-order valence-electron chi connectivity index (χ0n) is 12.4. The average molecular weight is 279 g/mol. The number of aromatic amines is 1. The van der Waals surface area contributed by atoms with Crippen molar-refractivity contribution in [3.05, 3.63) is 33.7 Å². The first-order valence-electron chi connectivity index (χ1n) is 7.33. The Kier molecular flexibility index (Phi) is 5.76. The molecule has 1 unspecified atom stereocenters. The van der Waals surface area contributed by atoms with E-state index in [2.05, 4.69) is 22.2 Å². The summed E-state index contributed by atoms with van der Waals surface area (Å²) in [6, 6.07) is 3.97. The molecule has 0 aromatic carbocycles. The third-order valence-corrected chi connectivity index (χ3v) is 3.89. The van der Waals surface area contributed by atoms with Gasteiger partial charge in [-0.15, -0.1) is 0 Å². The van der Waals surface area contributed by atoms with Crippen LogP contribution in [0, 0.1) is 0 Å². The molecule has 0 aliphatic heterocycles. The minimum absolute atomic E-state index is 0.00342. The number of ether oxygens (including phenoxy) is 1. The number of methoxy groups -OCH3 is 1. The average Bonchev–Trinajstić information content (AvgIpc) is 2.45. The Hall–Kier alpha value is -1.17. The number of hydrogen-bond donors (Lipinski definition) is 2. The van der Waals surface area contributed by atoms with E-state index in [-0.39, 0.29) is 5.56 Å². The molecule has 2 N–H and O–H groups in total. The van der Waals surface area contributed by atoms with Crippen LogP contribution in [0.3, 0.4) is 0 Å². The molecule has 0 radical (unpaired) electrons. The van der Waals surface area contributed by atoms with Crippen LogP contribution in [0.2, 0.25) is 0 Å². The van der Waals surface area contributed by atoms with Crippen molar-refractivity contribution in [3.63, 3.8) is 0 Å². The van der Waals surface area contributed by atoms with Gasteiger partial charge in [-0.2, -0.15) is 0 Å². The lowest BCUT2D eigenvalue weighted by molar-refractivity contribution is 0.161. The van der Waals surface area contributed by atoms with Crippen molar-refractivity contribution in [3.8, 4) is 0 Å². The number of rotatable bonds is 7. The molecule has 1 aromatic rings. The largest absolute Gasteiger partial charge is 0.383 e. The van der Waals surface area contributed by atoms with Crippen LogP contribution in [0.5, 0.6) is 0 Å². The molecule has 0 bridgehead atoms. The van der Waals surface area contributed by atoms with Crippen molar-refractivity contribution in [2.75, 3.05) is 40.4 Å². The highest BCUT2D eigenvalue weighted by molar-refractivity contribution is 5.26. The molecule has 1 aliphatic rings. The maximum absolute atomic E-state index is 11.4. The molecule has 20 heavy (non-hydrogen) atoms. The first-order valence-corrected chi connectivity index (χ1v) is 7.33. The van der Waals surface area contributed by atoms with E-state index in [1.165, 1.54) is 5.56 Å². The third kappa shape index (κ3) is 4.16. The maximum Gasteiger partial charge on any atom is 0.248 e. The number of fused-ring (bicyclic) bond motifs is 1. The van der Waals surface area contributed by atoms with Gasteiger partial charge in [0.05, 0.1) is 6.61 Å².